The minimum Gasteiger partial charge on any atom is -0.486 e. The van der Waals surface area contributed by atoms with Gasteiger partial charge in [-0.05, 0) is 42.5 Å². The van der Waals surface area contributed by atoms with Crippen LogP contribution in [0.2, 0.25) is 0 Å². The van der Waals surface area contributed by atoms with Crippen molar-refractivity contribution in [2.45, 2.75) is 6.61 Å². The maximum Gasteiger partial charge on any atom is 0.289 e. The van der Waals surface area contributed by atoms with E-state index in [1.165, 1.54) is 0 Å². The standard InChI is InChI=1S/C24H24BrN3O4/c25-18-5-4-8-20(15-18)31-17-21-9-10-22(32-21)24(30)28-13-11-27(12-14-28)16-23(29)26-19-6-2-1-3-7-19/h1-10,15H,11-14,16-17H2,(H,26,29). The van der Waals surface area contributed by atoms with Crippen LogP contribution in [-0.4, -0.2) is 54.3 Å². The fourth-order valence-electron chi connectivity index (χ4n) is 3.47. The van der Waals surface area contributed by atoms with Crippen molar-refractivity contribution in [3.63, 3.8) is 0 Å². The molecule has 0 aliphatic carbocycles. The van der Waals surface area contributed by atoms with E-state index in [9.17, 15) is 9.59 Å². The number of rotatable bonds is 7. The molecule has 1 aliphatic rings. The second kappa shape index (κ2) is 10.5. The molecule has 0 spiro atoms. The number of hydrogen-bond donors (Lipinski definition) is 1. The van der Waals surface area contributed by atoms with Gasteiger partial charge in [-0.2, -0.15) is 0 Å². The van der Waals surface area contributed by atoms with Crippen LogP contribution in [0.5, 0.6) is 5.75 Å². The number of carbonyl (C=O) groups excluding carboxylic acids is 2. The maximum atomic E-state index is 12.8. The molecule has 8 heteroatoms. The molecule has 2 heterocycles. The molecule has 0 saturated carbocycles. The Morgan fingerprint density at radius 2 is 1.75 bits per heavy atom. The largest absolute Gasteiger partial charge is 0.486 e. The van der Waals surface area contributed by atoms with Gasteiger partial charge in [0, 0.05) is 36.3 Å². The van der Waals surface area contributed by atoms with E-state index in [0.717, 1.165) is 15.9 Å². The van der Waals surface area contributed by atoms with Gasteiger partial charge in [-0.25, -0.2) is 0 Å². The lowest BCUT2D eigenvalue weighted by Gasteiger charge is -2.33. The Balaban J connectivity index is 1.23. The SMILES string of the molecule is O=C(CN1CCN(C(=O)c2ccc(COc3cccc(Br)c3)o2)CC1)Nc1ccccc1. The molecule has 166 valence electrons. The average molecular weight is 498 g/mol. The molecular weight excluding hydrogens is 474 g/mol. The Labute approximate surface area is 195 Å². The summed E-state index contributed by atoms with van der Waals surface area (Å²) in [6.45, 7) is 2.90. The molecule has 2 amide bonds. The second-order valence-electron chi connectivity index (χ2n) is 7.49. The van der Waals surface area contributed by atoms with Crippen LogP contribution in [0.25, 0.3) is 0 Å². The molecule has 0 radical (unpaired) electrons. The quantitative estimate of drug-likeness (QED) is 0.533. The third-order valence-corrected chi connectivity index (χ3v) is 5.63. The summed E-state index contributed by atoms with van der Waals surface area (Å²) in [6.07, 6.45) is 0. The van der Waals surface area contributed by atoms with E-state index >= 15 is 0 Å². The van der Waals surface area contributed by atoms with Gasteiger partial charge in [-0.3, -0.25) is 14.5 Å². The number of hydrogen-bond acceptors (Lipinski definition) is 5. The minimum atomic E-state index is -0.146. The average Bonchev–Trinajstić information content (AvgIpc) is 3.27. The van der Waals surface area contributed by atoms with Crippen molar-refractivity contribution < 1.29 is 18.7 Å². The van der Waals surface area contributed by atoms with Crippen molar-refractivity contribution in [2.75, 3.05) is 38.0 Å². The van der Waals surface area contributed by atoms with Crippen molar-refractivity contribution in [1.82, 2.24) is 9.80 Å². The highest BCUT2D eigenvalue weighted by Crippen LogP contribution is 2.20. The maximum absolute atomic E-state index is 12.8. The number of ether oxygens (including phenoxy) is 1. The van der Waals surface area contributed by atoms with Crippen molar-refractivity contribution in [2.24, 2.45) is 0 Å². The van der Waals surface area contributed by atoms with Crippen molar-refractivity contribution >= 4 is 33.4 Å². The molecule has 1 fully saturated rings. The Morgan fingerprint density at radius 1 is 0.969 bits per heavy atom. The molecule has 0 atom stereocenters. The first-order chi connectivity index (χ1) is 15.6. The molecule has 0 bridgehead atoms. The number of anilines is 1. The lowest BCUT2D eigenvalue weighted by Crippen LogP contribution is -2.50. The topological polar surface area (TPSA) is 75.0 Å². The predicted octanol–water partition coefficient (Wildman–Crippen LogP) is 4.02. The van der Waals surface area contributed by atoms with Gasteiger partial charge >= 0.3 is 0 Å². The Hall–Kier alpha value is -3.10. The van der Waals surface area contributed by atoms with E-state index in [0.29, 0.717) is 44.2 Å². The van der Waals surface area contributed by atoms with Crippen LogP contribution in [0.3, 0.4) is 0 Å². The summed E-state index contributed by atoms with van der Waals surface area (Å²) in [7, 11) is 0. The van der Waals surface area contributed by atoms with Crippen molar-refractivity contribution in [3.8, 4) is 5.75 Å². The van der Waals surface area contributed by atoms with Gasteiger partial charge in [0.15, 0.2) is 5.76 Å². The summed E-state index contributed by atoms with van der Waals surface area (Å²) in [5.74, 6) is 1.40. The molecule has 0 unspecified atom stereocenters. The number of furan rings is 1. The zero-order chi connectivity index (χ0) is 22.3. The number of nitrogens with one attached hydrogen (secondary N) is 1. The highest BCUT2D eigenvalue weighted by atomic mass is 79.9. The summed E-state index contributed by atoms with van der Waals surface area (Å²) in [5, 5.41) is 2.89. The highest BCUT2D eigenvalue weighted by Gasteiger charge is 2.25. The molecule has 3 aromatic rings. The molecule has 7 nitrogen and oxygen atoms in total. The summed E-state index contributed by atoms with van der Waals surface area (Å²) >= 11 is 3.41. The summed E-state index contributed by atoms with van der Waals surface area (Å²) in [6, 6.07) is 20.4. The summed E-state index contributed by atoms with van der Waals surface area (Å²) in [5.41, 5.74) is 0.781. The fraction of sp³-hybridized carbons (Fsp3) is 0.250. The molecule has 2 aromatic carbocycles. The van der Waals surface area contributed by atoms with E-state index in [1.54, 1.807) is 17.0 Å². The molecule has 1 aromatic heterocycles. The fourth-order valence-corrected chi connectivity index (χ4v) is 3.85. The number of nitrogens with zero attached hydrogens (tertiary/aromatic N) is 2. The normalized spacial score (nSPS) is 14.2. The van der Waals surface area contributed by atoms with Crippen LogP contribution >= 0.6 is 15.9 Å². The third kappa shape index (κ3) is 5.99. The molecule has 1 aliphatic heterocycles. The smallest absolute Gasteiger partial charge is 0.289 e. The minimum absolute atomic E-state index is 0.0582. The van der Waals surface area contributed by atoms with Gasteiger partial charge in [0.25, 0.3) is 5.91 Å². The lowest BCUT2D eigenvalue weighted by molar-refractivity contribution is -0.117. The van der Waals surface area contributed by atoms with Crippen LogP contribution in [0.4, 0.5) is 5.69 Å². The van der Waals surface area contributed by atoms with Crippen LogP contribution in [0, 0.1) is 0 Å². The van der Waals surface area contributed by atoms with Crippen molar-refractivity contribution in [1.29, 1.82) is 0 Å². The second-order valence-corrected chi connectivity index (χ2v) is 8.41. The number of benzene rings is 2. The summed E-state index contributed by atoms with van der Waals surface area (Å²) < 4.78 is 12.3. The molecule has 4 rings (SSSR count). The zero-order valence-electron chi connectivity index (χ0n) is 17.5. The van der Waals surface area contributed by atoms with Gasteiger partial charge < -0.3 is 19.4 Å². The number of halogens is 1. The molecular formula is C24H24BrN3O4. The van der Waals surface area contributed by atoms with Crippen LogP contribution in [0.15, 0.2) is 75.6 Å². The van der Waals surface area contributed by atoms with Gasteiger partial charge in [0.1, 0.15) is 18.1 Å². The first-order valence-corrected chi connectivity index (χ1v) is 11.2. The van der Waals surface area contributed by atoms with E-state index in [1.807, 2.05) is 59.5 Å². The van der Waals surface area contributed by atoms with Gasteiger partial charge in [-0.1, -0.05) is 40.2 Å². The number of para-hydroxylation sites is 1. The number of piperazine rings is 1. The van der Waals surface area contributed by atoms with Gasteiger partial charge in [-0.15, -0.1) is 0 Å². The Morgan fingerprint density at radius 3 is 2.50 bits per heavy atom. The Kier molecular flexibility index (Phi) is 7.24. The monoisotopic (exact) mass is 497 g/mol. The van der Waals surface area contributed by atoms with Crippen LogP contribution in [-0.2, 0) is 11.4 Å². The van der Waals surface area contributed by atoms with Gasteiger partial charge in [0.2, 0.25) is 5.91 Å². The third-order valence-electron chi connectivity index (χ3n) is 5.13. The van der Waals surface area contributed by atoms with E-state index in [4.69, 9.17) is 9.15 Å². The van der Waals surface area contributed by atoms with E-state index in [2.05, 4.69) is 21.2 Å². The first-order valence-electron chi connectivity index (χ1n) is 10.4. The van der Waals surface area contributed by atoms with Crippen molar-refractivity contribution in [3.05, 3.63) is 82.7 Å². The molecule has 32 heavy (non-hydrogen) atoms. The predicted molar refractivity (Wildman–Crippen MR) is 125 cm³/mol. The highest BCUT2D eigenvalue weighted by molar-refractivity contribution is 9.10. The Bertz CT molecular complexity index is 1060. The van der Waals surface area contributed by atoms with Gasteiger partial charge in [0.05, 0.1) is 6.54 Å². The zero-order valence-corrected chi connectivity index (χ0v) is 19.1. The van der Waals surface area contributed by atoms with Crippen LogP contribution < -0.4 is 10.1 Å². The lowest BCUT2D eigenvalue weighted by atomic mass is 10.2. The van der Waals surface area contributed by atoms with E-state index < -0.39 is 0 Å². The summed E-state index contributed by atoms with van der Waals surface area (Å²) in [4.78, 5) is 28.8. The number of carbonyl (C=O) groups is 2. The van der Waals surface area contributed by atoms with Crippen LogP contribution in [0.1, 0.15) is 16.3 Å². The van der Waals surface area contributed by atoms with E-state index in [-0.39, 0.29) is 18.4 Å². The number of amides is 2. The molecule has 1 N–H and O–H groups in total. The first kappa shape index (κ1) is 22.1. The molecule has 1 saturated heterocycles.